The third-order valence-electron chi connectivity index (χ3n) is 2.64. The average Bonchev–Trinajstić information content (AvgIpc) is 2.38. The molecule has 1 aromatic heterocycles. The summed E-state index contributed by atoms with van der Waals surface area (Å²) < 4.78 is 0. The van der Waals surface area contributed by atoms with Gasteiger partial charge >= 0.3 is 0 Å². The molecule has 6 nitrogen and oxygen atoms in total. The van der Waals surface area contributed by atoms with Crippen molar-refractivity contribution in [2.45, 2.75) is 32.7 Å². The van der Waals surface area contributed by atoms with Crippen molar-refractivity contribution in [1.82, 2.24) is 10.3 Å². The van der Waals surface area contributed by atoms with Crippen molar-refractivity contribution >= 4 is 11.7 Å². The van der Waals surface area contributed by atoms with Gasteiger partial charge in [-0.25, -0.2) is 0 Å². The highest BCUT2D eigenvalue weighted by molar-refractivity contribution is 5.94. The van der Waals surface area contributed by atoms with E-state index in [1.54, 1.807) is 12.3 Å². The first kappa shape index (κ1) is 14.0. The van der Waals surface area contributed by atoms with Crippen molar-refractivity contribution in [3.05, 3.63) is 29.6 Å². The highest BCUT2D eigenvalue weighted by Gasteiger charge is 2.16. The second-order valence-electron chi connectivity index (χ2n) is 4.04. The number of amidine groups is 1. The first-order valence-electron chi connectivity index (χ1n) is 5.77. The molecule has 1 atom stereocenters. The normalized spacial score (nSPS) is 13.1. The topological polar surface area (TPSA) is 101 Å². The molecule has 0 saturated heterocycles. The number of aromatic nitrogens is 1. The molecule has 0 aliphatic carbocycles. The number of hydrogen-bond donors (Lipinski definition) is 3. The van der Waals surface area contributed by atoms with E-state index in [1.165, 1.54) is 0 Å². The molecule has 0 fully saturated rings. The van der Waals surface area contributed by atoms with Gasteiger partial charge in [0.2, 0.25) is 0 Å². The molecular weight excluding hydrogens is 232 g/mol. The third-order valence-corrected chi connectivity index (χ3v) is 2.64. The van der Waals surface area contributed by atoms with Gasteiger partial charge in [0.1, 0.15) is 11.5 Å². The number of rotatable bonds is 5. The van der Waals surface area contributed by atoms with E-state index in [9.17, 15) is 4.79 Å². The molecule has 1 aromatic rings. The number of nitrogens with two attached hydrogens (primary N) is 1. The monoisotopic (exact) mass is 250 g/mol. The highest BCUT2D eigenvalue weighted by atomic mass is 16.4. The summed E-state index contributed by atoms with van der Waals surface area (Å²) in [5, 5.41) is 14.2. The molecule has 0 radical (unpaired) electrons. The van der Waals surface area contributed by atoms with Gasteiger partial charge in [-0.15, -0.1) is 0 Å². The molecule has 0 saturated carbocycles. The first-order chi connectivity index (χ1) is 8.58. The van der Waals surface area contributed by atoms with Crippen LogP contribution in [0.4, 0.5) is 0 Å². The van der Waals surface area contributed by atoms with Crippen LogP contribution in [0, 0.1) is 6.92 Å². The van der Waals surface area contributed by atoms with Crippen molar-refractivity contribution < 1.29 is 10.0 Å². The summed E-state index contributed by atoms with van der Waals surface area (Å²) in [5.41, 5.74) is 6.64. The summed E-state index contributed by atoms with van der Waals surface area (Å²) >= 11 is 0. The van der Waals surface area contributed by atoms with Gasteiger partial charge in [-0.1, -0.05) is 18.1 Å². The van der Waals surface area contributed by atoms with E-state index >= 15 is 0 Å². The van der Waals surface area contributed by atoms with E-state index < -0.39 is 0 Å². The number of aryl methyl sites for hydroxylation is 1. The summed E-state index contributed by atoms with van der Waals surface area (Å²) in [4.78, 5) is 16.0. The lowest BCUT2D eigenvalue weighted by Crippen LogP contribution is -2.38. The maximum atomic E-state index is 12.0. The van der Waals surface area contributed by atoms with Crippen LogP contribution in [0.2, 0.25) is 0 Å². The van der Waals surface area contributed by atoms with E-state index in [-0.39, 0.29) is 17.8 Å². The van der Waals surface area contributed by atoms with Crippen LogP contribution in [-0.4, -0.2) is 28.0 Å². The molecule has 1 heterocycles. The molecule has 1 rings (SSSR count). The maximum Gasteiger partial charge on any atom is 0.270 e. The molecule has 0 aliphatic rings. The number of oxime groups is 1. The number of carbonyl (C=O) groups is 1. The Morgan fingerprint density at radius 2 is 2.39 bits per heavy atom. The Morgan fingerprint density at radius 1 is 1.67 bits per heavy atom. The minimum absolute atomic E-state index is 0.0971. The molecule has 0 spiro atoms. The Bertz CT molecular complexity index is 445. The molecule has 4 N–H and O–H groups in total. The summed E-state index contributed by atoms with van der Waals surface area (Å²) in [5.74, 6) is -0.148. The Labute approximate surface area is 106 Å². The van der Waals surface area contributed by atoms with Crippen LogP contribution in [0.15, 0.2) is 23.5 Å². The number of nitrogens with one attached hydrogen (secondary N) is 1. The summed E-state index contributed by atoms with van der Waals surface area (Å²) in [6.07, 6.45) is 2.57. The smallest absolute Gasteiger partial charge is 0.270 e. The average molecular weight is 250 g/mol. The first-order valence-corrected chi connectivity index (χ1v) is 5.77. The Kier molecular flexibility index (Phi) is 5.10. The second kappa shape index (κ2) is 6.58. The minimum Gasteiger partial charge on any atom is -0.409 e. The van der Waals surface area contributed by atoms with Gasteiger partial charge in [0.05, 0.1) is 0 Å². The Balaban J connectivity index is 2.71. The van der Waals surface area contributed by atoms with Gasteiger partial charge in [0.25, 0.3) is 5.91 Å². The van der Waals surface area contributed by atoms with Gasteiger partial charge in [0.15, 0.2) is 0 Å². The molecule has 0 aliphatic heterocycles. The predicted molar refractivity (Wildman–Crippen MR) is 68.5 cm³/mol. The zero-order valence-corrected chi connectivity index (χ0v) is 10.6. The lowest BCUT2D eigenvalue weighted by atomic mass is 10.1. The highest BCUT2D eigenvalue weighted by Crippen LogP contribution is 2.05. The van der Waals surface area contributed by atoms with Crippen molar-refractivity contribution in [2.24, 2.45) is 10.9 Å². The van der Waals surface area contributed by atoms with Gasteiger partial charge in [-0.2, -0.15) is 0 Å². The van der Waals surface area contributed by atoms with Crippen LogP contribution in [0.3, 0.4) is 0 Å². The number of hydrogen-bond acceptors (Lipinski definition) is 4. The van der Waals surface area contributed by atoms with Gasteiger partial charge < -0.3 is 16.3 Å². The molecule has 0 bridgehead atoms. The number of carbonyl (C=O) groups excluding carboxylic acids is 1. The van der Waals surface area contributed by atoms with Crippen molar-refractivity contribution in [3.63, 3.8) is 0 Å². The van der Waals surface area contributed by atoms with E-state index in [0.717, 1.165) is 5.56 Å². The van der Waals surface area contributed by atoms with Crippen LogP contribution >= 0.6 is 0 Å². The lowest BCUT2D eigenvalue weighted by molar-refractivity contribution is 0.0931. The van der Waals surface area contributed by atoms with E-state index in [1.807, 2.05) is 19.9 Å². The quantitative estimate of drug-likeness (QED) is 0.314. The zero-order valence-electron chi connectivity index (χ0n) is 10.6. The predicted octanol–water partition coefficient (Wildman–Crippen LogP) is 1.03. The van der Waals surface area contributed by atoms with Gasteiger partial charge in [-0.3, -0.25) is 9.78 Å². The van der Waals surface area contributed by atoms with E-state index in [2.05, 4.69) is 15.5 Å². The van der Waals surface area contributed by atoms with Gasteiger partial charge in [0, 0.05) is 18.7 Å². The van der Waals surface area contributed by atoms with Crippen LogP contribution in [0.5, 0.6) is 0 Å². The largest absolute Gasteiger partial charge is 0.409 e. The van der Waals surface area contributed by atoms with Crippen LogP contribution < -0.4 is 11.1 Å². The number of nitrogens with zero attached hydrogens (tertiary/aromatic N) is 2. The van der Waals surface area contributed by atoms with E-state index in [4.69, 9.17) is 10.9 Å². The van der Waals surface area contributed by atoms with Crippen LogP contribution in [0.1, 0.15) is 35.8 Å². The third kappa shape index (κ3) is 3.73. The van der Waals surface area contributed by atoms with Gasteiger partial charge in [-0.05, 0) is 25.0 Å². The van der Waals surface area contributed by atoms with Crippen LogP contribution in [-0.2, 0) is 0 Å². The fraction of sp³-hybridized carbons (Fsp3) is 0.417. The Hall–Kier alpha value is -2.11. The molecule has 1 amide bonds. The Morgan fingerprint density at radius 3 is 2.94 bits per heavy atom. The molecule has 1 unspecified atom stereocenters. The van der Waals surface area contributed by atoms with Crippen molar-refractivity contribution in [3.8, 4) is 0 Å². The zero-order chi connectivity index (χ0) is 13.5. The fourth-order valence-electron chi connectivity index (χ4n) is 1.57. The number of pyridine rings is 1. The molecule has 0 aromatic carbocycles. The maximum absolute atomic E-state index is 12.0. The van der Waals surface area contributed by atoms with Crippen molar-refractivity contribution in [2.75, 3.05) is 0 Å². The molecule has 6 heteroatoms. The standard InChI is InChI=1S/C12H18N4O2/c1-3-9(7-10(13)16-18)15-12(17)11-8(2)5-4-6-14-11/h4-6,9,18H,3,7H2,1-2H3,(H2,13,16)(H,15,17). The van der Waals surface area contributed by atoms with Crippen molar-refractivity contribution in [1.29, 1.82) is 0 Å². The molecular formula is C12H18N4O2. The number of amides is 1. The molecule has 18 heavy (non-hydrogen) atoms. The summed E-state index contributed by atoms with van der Waals surface area (Å²) in [6, 6.07) is 3.43. The fourth-order valence-corrected chi connectivity index (χ4v) is 1.57. The summed E-state index contributed by atoms with van der Waals surface area (Å²) in [7, 11) is 0. The van der Waals surface area contributed by atoms with Crippen LogP contribution in [0.25, 0.3) is 0 Å². The lowest BCUT2D eigenvalue weighted by Gasteiger charge is -2.16. The summed E-state index contributed by atoms with van der Waals surface area (Å²) in [6.45, 7) is 3.74. The molecule has 98 valence electrons. The minimum atomic E-state index is -0.245. The van der Waals surface area contributed by atoms with E-state index in [0.29, 0.717) is 18.5 Å². The second-order valence-corrected chi connectivity index (χ2v) is 4.04. The SMILES string of the molecule is CCC(CC(N)=NO)NC(=O)c1ncccc1C.